The van der Waals surface area contributed by atoms with Crippen molar-refractivity contribution in [1.29, 1.82) is 5.26 Å². The molecule has 9 heteroatoms. The SMILES string of the molecule is [C-]#[N+]c1cc(C#N)cc(-c2c(-n3c4ccccc4c4ccccc43)c(-n3c4ccccc4c4ccccc43)c(-n3c4ccc(OC)cc4c4cc(OC)ccc43)c(-n3c4ccccc4c4ccccc43)c2-n2c3ccccc3c3ccccc32)c1. The van der Waals surface area contributed by atoms with E-state index in [1.165, 1.54) is 0 Å². The highest BCUT2D eigenvalue weighted by Gasteiger charge is 2.37. The Morgan fingerprint density at radius 3 is 0.871 bits per heavy atom. The van der Waals surface area contributed by atoms with Crippen LogP contribution in [0, 0.1) is 17.9 Å². The van der Waals surface area contributed by atoms with Gasteiger partial charge in [0.05, 0.1) is 110 Å². The Morgan fingerprint density at radius 1 is 0.318 bits per heavy atom. The minimum absolute atomic E-state index is 0.349. The Balaban J connectivity index is 1.30. The van der Waals surface area contributed by atoms with Crippen LogP contribution in [-0.4, -0.2) is 37.1 Å². The molecule has 12 aromatic carbocycles. The first-order valence-corrected chi connectivity index (χ1v) is 28.3. The van der Waals surface area contributed by atoms with Gasteiger partial charge in [0.15, 0.2) is 5.69 Å². The quantitative estimate of drug-likeness (QED) is 0.142. The number of ether oxygens (including phenoxy) is 2. The van der Waals surface area contributed by atoms with Gasteiger partial charge >= 0.3 is 0 Å². The number of para-hydroxylation sites is 8. The van der Waals surface area contributed by atoms with Gasteiger partial charge in [-0.15, -0.1) is 0 Å². The van der Waals surface area contributed by atoms with Crippen LogP contribution in [0.5, 0.6) is 11.5 Å². The zero-order valence-electron chi connectivity index (χ0n) is 46.1. The number of hydrogen-bond donors (Lipinski definition) is 0. The summed E-state index contributed by atoms with van der Waals surface area (Å²) in [6.45, 7) is 8.78. The number of benzene rings is 12. The Labute approximate surface area is 486 Å². The Morgan fingerprint density at radius 2 is 0.588 bits per heavy atom. The molecular weight excluding hydrogens is 1040 g/mol. The van der Waals surface area contributed by atoms with E-state index < -0.39 is 0 Å². The fraction of sp³-hybridized carbons (Fsp3) is 0.0263. The highest BCUT2D eigenvalue weighted by molar-refractivity contribution is 6.19. The van der Waals surface area contributed by atoms with Gasteiger partial charge in [-0.2, -0.15) is 5.26 Å². The predicted octanol–water partition coefficient (Wildman–Crippen LogP) is 19.3. The summed E-state index contributed by atoms with van der Waals surface area (Å²) in [5.74, 6) is 1.44. The van der Waals surface area contributed by atoms with E-state index in [4.69, 9.17) is 16.0 Å². The van der Waals surface area contributed by atoms with Crippen LogP contribution in [-0.2, 0) is 0 Å². The molecule has 0 unspecified atom stereocenters. The Kier molecular flexibility index (Phi) is 10.4. The third kappa shape index (κ3) is 6.72. The van der Waals surface area contributed by atoms with Crippen molar-refractivity contribution in [2.45, 2.75) is 0 Å². The summed E-state index contributed by atoms with van der Waals surface area (Å²) in [7, 11) is 3.44. The predicted molar refractivity (Wildman–Crippen MR) is 348 cm³/mol. The molecule has 0 aliphatic heterocycles. The molecule has 0 saturated carbocycles. The second kappa shape index (κ2) is 18.4. The summed E-state index contributed by atoms with van der Waals surface area (Å²) in [6, 6.07) is 90.7. The molecule has 0 fully saturated rings. The number of rotatable bonds is 8. The Hall–Kier alpha value is -11.8. The number of aromatic nitrogens is 5. The van der Waals surface area contributed by atoms with Crippen molar-refractivity contribution in [2.75, 3.05) is 14.2 Å². The third-order valence-electron chi connectivity index (χ3n) is 17.5. The Bertz CT molecular complexity index is 5250. The lowest BCUT2D eigenvalue weighted by molar-refractivity contribution is 0.415. The van der Waals surface area contributed by atoms with Gasteiger partial charge in [-0.1, -0.05) is 146 Å². The standard InChI is InChI=1S/C76H47N7O2/c1-78-48-41-46(45-77)40-47(42-48)71-72(79-61-28-12-4-20-51(61)52-21-5-13-29-62(52)79)74(81-65-32-16-8-24-55(65)56-25-9-17-33-66(56)81)76(83-69-38-36-49(84-2)43-59(69)60-44-50(85-3)37-39-70(60)83)75(82-67-34-18-10-26-57(67)58-27-11-19-35-68(58)82)73(71)80-63-30-14-6-22-53(63)54-23-7-15-31-64(54)80/h4-44H,2-3H3. The number of hydrogen-bond acceptors (Lipinski definition) is 3. The van der Waals surface area contributed by atoms with Gasteiger partial charge in [0.2, 0.25) is 0 Å². The molecule has 5 heterocycles. The molecular formula is C76H47N7O2. The molecule has 17 rings (SSSR count). The molecule has 0 aliphatic carbocycles. The first kappa shape index (κ1) is 48.0. The molecule has 0 aliphatic rings. The van der Waals surface area contributed by atoms with Crippen molar-refractivity contribution in [1.82, 2.24) is 22.8 Å². The van der Waals surface area contributed by atoms with Gasteiger partial charge in [-0.25, -0.2) is 4.85 Å². The fourth-order valence-corrected chi connectivity index (χ4v) is 14.0. The fourth-order valence-electron chi connectivity index (χ4n) is 14.0. The lowest BCUT2D eigenvalue weighted by atomic mass is 9.93. The molecule has 0 saturated heterocycles. The zero-order chi connectivity index (χ0) is 56.6. The summed E-state index contributed by atoms with van der Waals surface area (Å²) >= 11 is 0. The summed E-state index contributed by atoms with van der Waals surface area (Å²) < 4.78 is 24.6. The second-order valence-corrected chi connectivity index (χ2v) is 21.7. The van der Waals surface area contributed by atoms with Crippen LogP contribution in [0.2, 0.25) is 0 Å². The lowest BCUT2D eigenvalue weighted by Gasteiger charge is -2.32. The van der Waals surface area contributed by atoms with E-state index in [2.05, 4.69) is 264 Å². The molecule has 17 aromatic rings. The topological polar surface area (TPSA) is 71.3 Å². The molecule has 0 spiro atoms. The molecule has 398 valence electrons. The van der Waals surface area contributed by atoms with E-state index in [1.807, 2.05) is 12.1 Å². The third-order valence-corrected chi connectivity index (χ3v) is 17.5. The number of nitriles is 1. The van der Waals surface area contributed by atoms with Crippen molar-refractivity contribution in [3.63, 3.8) is 0 Å². The first-order valence-electron chi connectivity index (χ1n) is 28.3. The summed E-state index contributed by atoms with van der Waals surface area (Å²) in [5.41, 5.74) is 16.2. The van der Waals surface area contributed by atoms with Crippen LogP contribution in [0.25, 0.3) is 153 Å². The molecule has 9 nitrogen and oxygen atoms in total. The van der Waals surface area contributed by atoms with E-state index in [-0.39, 0.29) is 0 Å². The smallest absolute Gasteiger partial charge is 0.189 e. The molecule has 85 heavy (non-hydrogen) atoms. The van der Waals surface area contributed by atoms with Gasteiger partial charge in [-0.05, 0) is 109 Å². The number of methoxy groups -OCH3 is 2. The van der Waals surface area contributed by atoms with Gasteiger partial charge < -0.3 is 32.3 Å². The van der Waals surface area contributed by atoms with E-state index in [0.717, 1.165) is 155 Å². The van der Waals surface area contributed by atoms with Crippen molar-refractivity contribution in [3.8, 4) is 57.1 Å². The first-order chi connectivity index (χ1) is 42.0. The van der Waals surface area contributed by atoms with Crippen molar-refractivity contribution in [3.05, 3.63) is 266 Å². The van der Waals surface area contributed by atoms with E-state index >= 15 is 0 Å². The summed E-state index contributed by atoms with van der Waals surface area (Å²) in [4.78, 5) is 4.16. The number of nitrogens with zero attached hydrogens (tertiary/aromatic N) is 7. The van der Waals surface area contributed by atoms with E-state index in [9.17, 15) is 5.26 Å². The normalized spacial score (nSPS) is 11.9. The number of fused-ring (bicyclic) bond motifs is 15. The van der Waals surface area contributed by atoms with Crippen LogP contribution in [0.1, 0.15) is 5.56 Å². The van der Waals surface area contributed by atoms with Crippen LogP contribution < -0.4 is 9.47 Å². The molecule has 0 radical (unpaired) electrons. The molecule has 0 bridgehead atoms. The van der Waals surface area contributed by atoms with Crippen molar-refractivity contribution in [2.24, 2.45) is 0 Å². The van der Waals surface area contributed by atoms with Crippen LogP contribution in [0.3, 0.4) is 0 Å². The van der Waals surface area contributed by atoms with Crippen LogP contribution in [0.15, 0.2) is 249 Å². The van der Waals surface area contributed by atoms with Gasteiger partial charge in [0.25, 0.3) is 0 Å². The highest BCUT2D eigenvalue weighted by Crippen LogP contribution is 2.55. The molecule has 0 atom stereocenters. The highest BCUT2D eigenvalue weighted by atomic mass is 16.5. The van der Waals surface area contributed by atoms with E-state index in [0.29, 0.717) is 16.8 Å². The molecule has 0 N–H and O–H groups in total. The monoisotopic (exact) mass is 1090 g/mol. The van der Waals surface area contributed by atoms with Gasteiger partial charge in [0, 0.05) is 65.0 Å². The minimum Gasteiger partial charge on any atom is -0.497 e. The maximum atomic E-state index is 11.2. The maximum absolute atomic E-state index is 11.2. The van der Waals surface area contributed by atoms with Crippen LogP contribution >= 0.6 is 0 Å². The largest absolute Gasteiger partial charge is 0.497 e. The van der Waals surface area contributed by atoms with Crippen molar-refractivity contribution < 1.29 is 9.47 Å². The van der Waals surface area contributed by atoms with E-state index in [1.54, 1.807) is 20.3 Å². The van der Waals surface area contributed by atoms with Crippen molar-refractivity contribution >= 4 is 115 Å². The van der Waals surface area contributed by atoms with Gasteiger partial charge in [-0.3, -0.25) is 0 Å². The average molecular weight is 1090 g/mol. The average Bonchev–Trinajstić information content (AvgIpc) is 2.13. The zero-order valence-corrected chi connectivity index (χ0v) is 46.1. The molecule has 5 aromatic heterocycles. The molecule has 0 amide bonds. The lowest BCUT2D eigenvalue weighted by Crippen LogP contribution is -2.18. The summed E-state index contributed by atoms with van der Waals surface area (Å²) in [5, 5.41) is 21.8. The maximum Gasteiger partial charge on any atom is 0.189 e. The van der Waals surface area contributed by atoms with Crippen LogP contribution in [0.4, 0.5) is 5.69 Å². The second-order valence-electron chi connectivity index (χ2n) is 21.7. The minimum atomic E-state index is 0.349. The van der Waals surface area contributed by atoms with Gasteiger partial charge in [0.1, 0.15) is 11.5 Å². The summed E-state index contributed by atoms with van der Waals surface area (Å²) in [6.07, 6.45) is 0.